The van der Waals surface area contributed by atoms with Gasteiger partial charge in [0.05, 0.1) is 17.0 Å². The Hall–Kier alpha value is -1.85. The molecule has 0 aliphatic rings. The summed E-state index contributed by atoms with van der Waals surface area (Å²) in [6.45, 7) is 0. The maximum Gasteiger partial charge on any atom is 0.353 e. The minimum atomic E-state index is -0.484. The average molecular weight is 297 g/mol. The smallest absolute Gasteiger partial charge is 0.353 e. The molecule has 0 saturated carbocycles. The lowest BCUT2D eigenvalue weighted by atomic mass is 10.2. The summed E-state index contributed by atoms with van der Waals surface area (Å²) < 4.78 is 10.2. The lowest BCUT2D eigenvalue weighted by molar-refractivity contribution is 0.0600. The Morgan fingerprint density at radius 3 is 2.26 bits per heavy atom. The first kappa shape index (κ1) is 13.6. The second-order valence-corrected chi connectivity index (χ2v) is 5.22. The van der Waals surface area contributed by atoms with Crippen LogP contribution >= 0.6 is 22.9 Å². The molecule has 19 heavy (non-hydrogen) atoms. The van der Waals surface area contributed by atoms with Crippen LogP contribution in [0.5, 0.6) is 5.75 Å². The number of ether oxygens (including phenoxy) is 2. The molecular formula is C13H9ClO4S. The number of methoxy groups -OCH3 is 1. The largest absolute Gasteiger partial charge is 0.465 e. The van der Waals surface area contributed by atoms with Crippen LogP contribution in [0.3, 0.4) is 0 Å². The second kappa shape index (κ2) is 5.86. The number of carbonyl (C=O) groups excluding carboxylic acids is 2. The molecule has 6 heteroatoms. The van der Waals surface area contributed by atoms with Gasteiger partial charge in [-0.2, -0.15) is 0 Å². The molecule has 2 aromatic rings. The van der Waals surface area contributed by atoms with Crippen molar-refractivity contribution in [2.75, 3.05) is 7.11 Å². The predicted molar refractivity (Wildman–Crippen MR) is 72.1 cm³/mol. The van der Waals surface area contributed by atoms with Crippen molar-refractivity contribution in [3.8, 4) is 5.75 Å². The molecule has 0 bridgehead atoms. The molecule has 98 valence electrons. The van der Waals surface area contributed by atoms with Gasteiger partial charge in [-0.15, -0.1) is 11.3 Å². The number of hydrogen-bond acceptors (Lipinski definition) is 5. The molecule has 4 nitrogen and oxygen atoms in total. The van der Waals surface area contributed by atoms with Crippen molar-refractivity contribution in [2.24, 2.45) is 0 Å². The van der Waals surface area contributed by atoms with Crippen molar-refractivity contribution >= 4 is 34.9 Å². The number of rotatable bonds is 3. The molecule has 0 amide bonds. The number of hydrogen-bond donors (Lipinski definition) is 0. The first-order chi connectivity index (χ1) is 9.10. The quantitative estimate of drug-likeness (QED) is 0.643. The highest BCUT2D eigenvalue weighted by atomic mass is 35.5. The van der Waals surface area contributed by atoms with Gasteiger partial charge in [-0.1, -0.05) is 11.6 Å². The first-order valence-corrected chi connectivity index (χ1v) is 6.45. The fourth-order valence-corrected chi connectivity index (χ4v) is 2.28. The second-order valence-electron chi connectivity index (χ2n) is 3.51. The van der Waals surface area contributed by atoms with E-state index in [0.717, 1.165) is 11.3 Å². The number of halogens is 1. The predicted octanol–water partition coefficient (Wildman–Crippen LogP) is 3.41. The third-order valence-electron chi connectivity index (χ3n) is 2.26. The maximum atomic E-state index is 11.7. The van der Waals surface area contributed by atoms with Crippen molar-refractivity contribution in [3.05, 3.63) is 51.2 Å². The lowest BCUT2D eigenvalue weighted by Crippen LogP contribution is -2.07. The molecule has 0 fully saturated rings. The summed E-state index contributed by atoms with van der Waals surface area (Å²) in [7, 11) is 1.30. The fraction of sp³-hybridized carbons (Fsp3) is 0.0769. The highest BCUT2D eigenvalue weighted by Gasteiger charge is 2.12. The van der Waals surface area contributed by atoms with Gasteiger partial charge in [0.1, 0.15) is 10.6 Å². The van der Waals surface area contributed by atoms with Gasteiger partial charge in [-0.05, 0) is 36.4 Å². The van der Waals surface area contributed by atoms with E-state index in [9.17, 15) is 9.59 Å². The number of thiophene rings is 1. The Morgan fingerprint density at radius 2 is 1.74 bits per heavy atom. The first-order valence-electron chi connectivity index (χ1n) is 5.26. The van der Waals surface area contributed by atoms with Gasteiger partial charge in [0.2, 0.25) is 0 Å². The van der Waals surface area contributed by atoms with Gasteiger partial charge in [-0.3, -0.25) is 0 Å². The van der Waals surface area contributed by atoms with Crippen molar-refractivity contribution < 1.29 is 19.1 Å². The van der Waals surface area contributed by atoms with Crippen molar-refractivity contribution in [1.29, 1.82) is 0 Å². The van der Waals surface area contributed by atoms with E-state index in [-0.39, 0.29) is 0 Å². The van der Waals surface area contributed by atoms with Crippen LogP contribution in [-0.4, -0.2) is 19.0 Å². The highest BCUT2D eigenvalue weighted by molar-refractivity contribution is 7.17. The molecule has 1 aromatic heterocycles. The van der Waals surface area contributed by atoms with E-state index in [0.29, 0.717) is 20.5 Å². The zero-order chi connectivity index (χ0) is 13.8. The van der Waals surface area contributed by atoms with Gasteiger partial charge in [0, 0.05) is 0 Å². The molecule has 0 atom stereocenters. The topological polar surface area (TPSA) is 52.6 Å². The van der Waals surface area contributed by atoms with Crippen LogP contribution in [0.1, 0.15) is 20.0 Å². The molecule has 1 aromatic carbocycles. The van der Waals surface area contributed by atoms with E-state index < -0.39 is 11.9 Å². The van der Waals surface area contributed by atoms with Gasteiger partial charge in [-0.25, -0.2) is 9.59 Å². The number of esters is 2. The van der Waals surface area contributed by atoms with E-state index in [1.165, 1.54) is 31.4 Å². The molecule has 0 spiro atoms. The Bertz CT molecular complexity index is 603. The van der Waals surface area contributed by atoms with Gasteiger partial charge in [0.25, 0.3) is 0 Å². The third-order valence-corrected chi connectivity index (χ3v) is 3.47. The van der Waals surface area contributed by atoms with E-state index in [1.807, 2.05) is 0 Å². The Morgan fingerprint density at radius 1 is 1.05 bits per heavy atom. The molecule has 0 saturated heterocycles. The molecule has 0 unspecified atom stereocenters. The zero-order valence-corrected chi connectivity index (χ0v) is 11.5. The van der Waals surface area contributed by atoms with Crippen LogP contribution < -0.4 is 4.74 Å². The Labute approximate surface area is 118 Å². The molecule has 0 aliphatic heterocycles. The summed E-state index contributed by atoms with van der Waals surface area (Å²) in [6, 6.07) is 9.33. The summed E-state index contributed by atoms with van der Waals surface area (Å²) in [5, 5.41) is 0. The molecular weight excluding hydrogens is 288 g/mol. The van der Waals surface area contributed by atoms with E-state index >= 15 is 0 Å². The van der Waals surface area contributed by atoms with Crippen LogP contribution in [-0.2, 0) is 4.74 Å². The Kier molecular flexibility index (Phi) is 4.19. The van der Waals surface area contributed by atoms with Crippen molar-refractivity contribution in [2.45, 2.75) is 0 Å². The molecule has 0 aliphatic carbocycles. The Balaban J connectivity index is 2.07. The summed E-state index contributed by atoms with van der Waals surface area (Å²) in [6.07, 6.45) is 0. The van der Waals surface area contributed by atoms with Crippen LogP contribution in [0.15, 0.2) is 36.4 Å². The highest BCUT2D eigenvalue weighted by Crippen LogP contribution is 2.23. The van der Waals surface area contributed by atoms with Crippen molar-refractivity contribution in [1.82, 2.24) is 0 Å². The maximum absolute atomic E-state index is 11.7. The molecule has 2 rings (SSSR count). The summed E-state index contributed by atoms with van der Waals surface area (Å²) in [5.74, 6) is -0.576. The molecule has 1 heterocycles. The number of benzene rings is 1. The van der Waals surface area contributed by atoms with Gasteiger partial charge in [0.15, 0.2) is 0 Å². The monoisotopic (exact) mass is 296 g/mol. The molecule has 0 radical (unpaired) electrons. The minimum Gasteiger partial charge on any atom is -0.465 e. The number of carbonyl (C=O) groups is 2. The lowest BCUT2D eigenvalue weighted by Gasteiger charge is -2.03. The average Bonchev–Trinajstić information content (AvgIpc) is 2.85. The zero-order valence-electron chi connectivity index (χ0n) is 9.88. The van der Waals surface area contributed by atoms with Crippen molar-refractivity contribution in [3.63, 3.8) is 0 Å². The van der Waals surface area contributed by atoms with Crippen LogP contribution in [0, 0.1) is 0 Å². The van der Waals surface area contributed by atoms with Gasteiger partial charge < -0.3 is 9.47 Å². The van der Waals surface area contributed by atoms with E-state index in [2.05, 4.69) is 4.74 Å². The third kappa shape index (κ3) is 3.33. The normalized spacial score (nSPS) is 10.0. The van der Waals surface area contributed by atoms with E-state index in [1.54, 1.807) is 12.1 Å². The fourth-order valence-electron chi connectivity index (χ4n) is 1.36. The van der Waals surface area contributed by atoms with Crippen LogP contribution in [0.4, 0.5) is 0 Å². The van der Waals surface area contributed by atoms with Crippen LogP contribution in [0.25, 0.3) is 0 Å². The standard InChI is InChI=1S/C13H9ClO4S/c1-17-12(15)8-2-4-9(5-3-8)18-13(16)10-6-7-11(14)19-10/h2-7H,1H3. The SMILES string of the molecule is COC(=O)c1ccc(OC(=O)c2ccc(Cl)s2)cc1. The van der Waals surface area contributed by atoms with E-state index in [4.69, 9.17) is 16.3 Å². The minimum absolute atomic E-state index is 0.349. The summed E-state index contributed by atoms with van der Waals surface area (Å²) >= 11 is 6.88. The van der Waals surface area contributed by atoms with Gasteiger partial charge >= 0.3 is 11.9 Å². The van der Waals surface area contributed by atoms with Crippen LogP contribution in [0.2, 0.25) is 4.34 Å². The summed E-state index contributed by atoms with van der Waals surface area (Å²) in [5.41, 5.74) is 0.390. The summed E-state index contributed by atoms with van der Waals surface area (Å²) in [4.78, 5) is 23.4. The molecule has 0 N–H and O–H groups in total.